The molecule has 3 aromatic rings. The molecule has 1 aliphatic heterocycles. The fraction of sp³-hybridized carbons (Fsp3) is 0.300. The number of carbonyl (C=O) groups excluding carboxylic acids is 2. The van der Waals surface area contributed by atoms with Crippen LogP contribution in [0.3, 0.4) is 0 Å². The van der Waals surface area contributed by atoms with E-state index in [2.05, 4.69) is 35.0 Å². The molecular formula is C30H34IN4O4-. The molecule has 0 bridgehead atoms. The molecule has 0 radical (unpaired) electrons. The quantitative estimate of drug-likeness (QED) is 0.155. The van der Waals surface area contributed by atoms with Gasteiger partial charge in [0.25, 0.3) is 0 Å². The van der Waals surface area contributed by atoms with Crippen molar-refractivity contribution in [2.24, 2.45) is 0 Å². The first kappa shape index (κ1) is 28.6. The second-order valence-electron chi connectivity index (χ2n) is 9.37. The van der Waals surface area contributed by atoms with Gasteiger partial charge in [0.2, 0.25) is 0 Å². The van der Waals surface area contributed by atoms with Gasteiger partial charge in [-0.25, -0.2) is 4.79 Å². The van der Waals surface area contributed by atoms with Crippen LogP contribution in [-0.2, 0) is 4.79 Å². The summed E-state index contributed by atoms with van der Waals surface area (Å²) in [6.07, 6.45) is 2.48. The van der Waals surface area contributed by atoms with E-state index in [1.54, 1.807) is 29.2 Å². The molecule has 0 spiro atoms. The van der Waals surface area contributed by atoms with Crippen LogP contribution in [0, 0.1) is 0 Å². The number of anilines is 2. The first-order valence-electron chi connectivity index (χ1n) is 13.0. The van der Waals surface area contributed by atoms with Gasteiger partial charge in [0.1, 0.15) is 0 Å². The Morgan fingerprint density at radius 3 is 2.10 bits per heavy atom. The molecule has 1 heterocycles. The van der Waals surface area contributed by atoms with Gasteiger partial charge in [0.05, 0.1) is 5.56 Å². The molecule has 206 valence electrons. The molecule has 0 aromatic heterocycles. The molecule has 0 aliphatic carbocycles. The van der Waals surface area contributed by atoms with Crippen molar-refractivity contribution in [1.29, 1.82) is 0 Å². The molecule has 3 amide bonds. The minimum atomic E-state index is -0.964. The summed E-state index contributed by atoms with van der Waals surface area (Å²) in [4.78, 5) is 38.8. The topological polar surface area (TPSA) is 111 Å². The molecule has 1 aliphatic rings. The number of carboxylic acid groups (broad SMARTS) is 1. The molecule has 1 unspecified atom stereocenters. The van der Waals surface area contributed by atoms with Crippen molar-refractivity contribution in [3.05, 3.63) is 83.9 Å². The fourth-order valence-electron chi connectivity index (χ4n) is 4.63. The van der Waals surface area contributed by atoms with Crippen molar-refractivity contribution in [1.82, 2.24) is 10.2 Å². The number of nitrogens with zero attached hydrogens (tertiary/aromatic N) is 1. The number of amides is 3. The number of hydrogen-bond acceptors (Lipinski definition) is 4. The van der Waals surface area contributed by atoms with Gasteiger partial charge >= 0.3 is 165 Å². The summed E-state index contributed by atoms with van der Waals surface area (Å²) in [5.74, 6) is -1.18. The van der Waals surface area contributed by atoms with Gasteiger partial charge in [0.15, 0.2) is 0 Å². The maximum atomic E-state index is 13.1. The summed E-state index contributed by atoms with van der Waals surface area (Å²) in [6.45, 7) is 2.74. The standard InChI is InChI=1S/C30H34IN4O4/c1-3-26(31-19-32-2)22-12-16-25(17-13-22)34-30(39)35-18-4-5-27(35)28(36)33-24-14-10-21(11-15-24)20-6-8-23(9-7-20)29(37)38/h6-17,26-27,32H,3-5,18-19H2,1-2H3,(H,33,36)(H,34,39)(H,37,38)/q-1/t26?,27-/m1/s1. The monoisotopic (exact) mass is 641 g/mol. The number of halogens is 1. The van der Waals surface area contributed by atoms with Crippen molar-refractivity contribution < 1.29 is 40.7 Å². The molecule has 1 saturated heterocycles. The van der Waals surface area contributed by atoms with Gasteiger partial charge in [-0.15, -0.1) is 0 Å². The number of carbonyl (C=O) groups is 3. The minimum absolute atomic E-state index is 0.0215. The number of nitrogens with one attached hydrogen (secondary N) is 3. The van der Waals surface area contributed by atoms with E-state index in [-0.39, 0.29) is 38.7 Å². The third-order valence-electron chi connectivity index (χ3n) is 6.71. The van der Waals surface area contributed by atoms with E-state index in [1.807, 2.05) is 43.4 Å². The summed E-state index contributed by atoms with van der Waals surface area (Å²) >= 11 is 0.0215. The third kappa shape index (κ3) is 7.36. The van der Waals surface area contributed by atoms with E-state index in [4.69, 9.17) is 5.11 Å². The van der Waals surface area contributed by atoms with Gasteiger partial charge in [-0.2, -0.15) is 0 Å². The van der Waals surface area contributed by atoms with Crippen LogP contribution in [0.15, 0.2) is 72.8 Å². The number of aromatic carboxylic acids is 1. The van der Waals surface area contributed by atoms with E-state index in [0.717, 1.165) is 34.2 Å². The van der Waals surface area contributed by atoms with Crippen LogP contribution in [0.4, 0.5) is 16.2 Å². The van der Waals surface area contributed by atoms with E-state index >= 15 is 0 Å². The predicted octanol–water partition coefficient (Wildman–Crippen LogP) is 2.40. The second-order valence-corrected chi connectivity index (χ2v) is 12.5. The Hall–Kier alpha value is -3.44. The molecule has 3 aromatic carbocycles. The molecule has 2 atom stereocenters. The Labute approximate surface area is 239 Å². The first-order valence-corrected chi connectivity index (χ1v) is 15.8. The molecule has 1 fully saturated rings. The van der Waals surface area contributed by atoms with Crippen LogP contribution in [0.25, 0.3) is 11.1 Å². The normalized spacial score (nSPS) is 15.6. The van der Waals surface area contributed by atoms with Gasteiger partial charge in [-0.05, 0) is 35.4 Å². The van der Waals surface area contributed by atoms with Crippen LogP contribution in [0.1, 0.15) is 46.0 Å². The van der Waals surface area contributed by atoms with E-state index < -0.39 is 12.0 Å². The van der Waals surface area contributed by atoms with Crippen molar-refractivity contribution in [2.75, 3.05) is 28.8 Å². The fourth-order valence-corrected chi connectivity index (χ4v) is 7.15. The summed E-state index contributed by atoms with van der Waals surface area (Å²) < 4.78 is 1.65. The molecule has 0 saturated carbocycles. The predicted molar refractivity (Wildman–Crippen MR) is 150 cm³/mol. The molecule has 8 nitrogen and oxygen atoms in total. The number of likely N-dealkylation sites (tertiary alicyclic amines) is 1. The van der Waals surface area contributed by atoms with E-state index in [9.17, 15) is 14.4 Å². The van der Waals surface area contributed by atoms with E-state index in [1.165, 1.54) is 5.56 Å². The SMILES string of the molecule is CCC([I-]CNC)c1ccc(NC(=O)N2CCC[C@@H]2C(=O)Nc2ccc(-c3ccc(C(=O)O)cc3)cc2)cc1. The zero-order valence-electron chi connectivity index (χ0n) is 22.1. The second kappa shape index (κ2) is 13.6. The Morgan fingerprint density at radius 2 is 1.51 bits per heavy atom. The zero-order valence-corrected chi connectivity index (χ0v) is 24.3. The number of carboxylic acids is 1. The number of urea groups is 1. The Bertz CT molecular complexity index is 1280. The van der Waals surface area contributed by atoms with Gasteiger partial charge in [-0.1, -0.05) is 24.3 Å². The summed E-state index contributed by atoms with van der Waals surface area (Å²) in [5.41, 5.74) is 4.70. The Morgan fingerprint density at radius 1 is 0.923 bits per heavy atom. The van der Waals surface area contributed by atoms with E-state index in [0.29, 0.717) is 22.6 Å². The summed E-state index contributed by atoms with van der Waals surface area (Å²) in [7, 11) is 1.99. The molecule has 4 rings (SSSR count). The van der Waals surface area contributed by atoms with Crippen LogP contribution >= 0.6 is 0 Å². The van der Waals surface area contributed by atoms with Gasteiger partial charge < -0.3 is 5.11 Å². The van der Waals surface area contributed by atoms with Crippen molar-refractivity contribution in [3.63, 3.8) is 0 Å². The van der Waals surface area contributed by atoms with Gasteiger partial charge in [-0.3, -0.25) is 0 Å². The number of hydrogen-bond donors (Lipinski definition) is 4. The summed E-state index contributed by atoms with van der Waals surface area (Å²) in [6, 6.07) is 21.3. The number of rotatable bonds is 10. The van der Waals surface area contributed by atoms with Crippen LogP contribution in [-0.4, -0.2) is 52.1 Å². The van der Waals surface area contributed by atoms with Crippen molar-refractivity contribution >= 4 is 29.3 Å². The maximum absolute atomic E-state index is 13.1. The van der Waals surface area contributed by atoms with Crippen LogP contribution in [0.5, 0.6) is 0 Å². The zero-order chi connectivity index (χ0) is 27.8. The third-order valence-corrected chi connectivity index (χ3v) is 10.6. The average molecular weight is 642 g/mol. The number of alkyl halides is 2. The van der Waals surface area contributed by atoms with Crippen molar-refractivity contribution in [2.45, 2.75) is 36.2 Å². The van der Waals surface area contributed by atoms with Crippen LogP contribution < -0.4 is 37.2 Å². The van der Waals surface area contributed by atoms with Crippen molar-refractivity contribution in [3.8, 4) is 11.1 Å². The average Bonchev–Trinajstić information content (AvgIpc) is 3.45. The number of benzene rings is 3. The Balaban J connectivity index is 1.34. The molecule has 39 heavy (non-hydrogen) atoms. The Kier molecular flexibility index (Phi) is 9.94. The molecular weight excluding hydrogens is 607 g/mol. The first-order chi connectivity index (χ1) is 18.9. The molecule has 4 N–H and O–H groups in total. The summed E-state index contributed by atoms with van der Waals surface area (Å²) in [5, 5.41) is 18.2. The van der Waals surface area contributed by atoms with Crippen LogP contribution in [0.2, 0.25) is 0 Å². The molecule has 9 heteroatoms. The van der Waals surface area contributed by atoms with Gasteiger partial charge in [0, 0.05) is 0 Å².